The summed E-state index contributed by atoms with van der Waals surface area (Å²) in [5.74, 6) is -0.638. The van der Waals surface area contributed by atoms with E-state index in [0.717, 1.165) is 49.4 Å². The van der Waals surface area contributed by atoms with Gasteiger partial charge in [0.15, 0.2) is 0 Å². The van der Waals surface area contributed by atoms with Gasteiger partial charge in [-0.1, -0.05) is 25.7 Å². The fourth-order valence-corrected chi connectivity index (χ4v) is 4.41. The van der Waals surface area contributed by atoms with Crippen molar-refractivity contribution in [1.82, 2.24) is 10.2 Å². The zero-order valence-electron chi connectivity index (χ0n) is 16.6. The van der Waals surface area contributed by atoms with Crippen LogP contribution in [-0.4, -0.2) is 61.1 Å². The Morgan fingerprint density at radius 2 is 1.69 bits per heavy atom. The van der Waals surface area contributed by atoms with Gasteiger partial charge in [-0.25, -0.2) is 4.79 Å². The van der Waals surface area contributed by atoms with Crippen LogP contribution in [0.25, 0.3) is 0 Å². The molecule has 1 spiro atoms. The second-order valence-corrected chi connectivity index (χ2v) is 8.01. The first-order valence-corrected chi connectivity index (χ1v) is 10.4. The topological polar surface area (TPSA) is 91.0 Å². The quantitative estimate of drug-likeness (QED) is 0.756. The van der Waals surface area contributed by atoms with E-state index in [4.69, 9.17) is 4.74 Å². The molecule has 2 aliphatic heterocycles. The maximum Gasteiger partial charge on any atom is 0.325 e. The number of urea groups is 1. The molecule has 2 N–H and O–H groups in total. The van der Waals surface area contributed by atoms with Crippen molar-refractivity contribution in [3.63, 3.8) is 0 Å². The summed E-state index contributed by atoms with van der Waals surface area (Å²) < 4.78 is 5.36. The number of hydrogen-bond donors (Lipinski definition) is 2. The molecule has 0 atom stereocenters. The van der Waals surface area contributed by atoms with E-state index in [1.54, 1.807) is 0 Å². The van der Waals surface area contributed by atoms with E-state index < -0.39 is 11.6 Å². The lowest BCUT2D eigenvalue weighted by Gasteiger charge is -2.28. The third-order valence-electron chi connectivity index (χ3n) is 6.03. The Bertz CT molecular complexity index is 765. The number of anilines is 2. The number of hydrogen-bond acceptors (Lipinski definition) is 5. The average molecular weight is 400 g/mol. The third kappa shape index (κ3) is 4.22. The van der Waals surface area contributed by atoms with Gasteiger partial charge in [-0.15, -0.1) is 0 Å². The number of amides is 4. The van der Waals surface area contributed by atoms with Crippen LogP contribution in [-0.2, 0) is 14.3 Å². The van der Waals surface area contributed by atoms with Crippen molar-refractivity contribution >= 4 is 29.2 Å². The maximum atomic E-state index is 12.9. The lowest BCUT2D eigenvalue weighted by atomic mass is 9.90. The number of benzene rings is 1. The molecule has 2 saturated heterocycles. The van der Waals surface area contributed by atoms with Crippen molar-refractivity contribution < 1.29 is 19.1 Å². The number of ether oxygens (including phenoxy) is 1. The normalized spacial score (nSPS) is 21.8. The van der Waals surface area contributed by atoms with Gasteiger partial charge >= 0.3 is 6.03 Å². The van der Waals surface area contributed by atoms with Crippen molar-refractivity contribution in [2.24, 2.45) is 0 Å². The number of rotatable bonds is 4. The fraction of sp³-hybridized carbons (Fsp3) is 0.571. The van der Waals surface area contributed by atoms with Crippen LogP contribution in [0.3, 0.4) is 0 Å². The molecule has 1 saturated carbocycles. The smallest absolute Gasteiger partial charge is 0.325 e. The molecule has 4 amide bonds. The highest BCUT2D eigenvalue weighted by Crippen LogP contribution is 2.32. The van der Waals surface area contributed by atoms with Gasteiger partial charge in [-0.05, 0) is 37.1 Å². The van der Waals surface area contributed by atoms with Crippen molar-refractivity contribution in [2.45, 2.75) is 44.1 Å². The lowest BCUT2D eigenvalue weighted by molar-refractivity contribution is -0.134. The van der Waals surface area contributed by atoms with E-state index in [2.05, 4.69) is 15.5 Å². The van der Waals surface area contributed by atoms with Crippen molar-refractivity contribution in [2.75, 3.05) is 43.1 Å². The molecule has 4 rings (SSSR count). The zero-order valence-corrected chi connectivity index (χ0v) is 16.6. The summed E-state index contributed by atoms with van der Waals surface area (Å²) in [6, 6.07) is 7.11. The first kappa shape index (κ1) is 19.7. The van der Waals surface area contributed by atoms with Gasteiger partial charge in [-0.2, -0.15) is 0 Å². The molecular weight excluding hydrogens is 372 g/mol. The van der Waals surface area contributed by atoms with E-state index in [0.29, 0.717) is 31.7 Å². The number of imide groups is 1. The first-order valence-electron chi connectivity index (χ1n) is 10.4. The van der Waals surface area contributed by atoms with Crippen molar-refractivity contribution in [1.29, 1.82) is 0 Å². The Hall–Kier alpha value is -2.61. The highest BCUT2D eigenvalue weighted by Gasteiger charge is 2.51. The van der Waals surface area contributed by atoms with Gasteiger partial charge in [0, 0.05) is 24.5 Å². The van der Waals surface area contributed by atoms with E-state index in [9.17, 15) is 14.4 Å². The van der Waals surface area contributed by atoms with E-state index in [1.165, 1.54) is 0 Å². The molecular formula is C21H28N4O4. The molecule has 3 aliphatic rings. The minimum Gasteiger partial charge on any atom is -0.378 e. The molecule has 0 radical (unpaired) electrons. The van der Waals surface area contributed by atoms with Gasteiger partial charge in [-0.3, -0.25) is 14.5 Å². The molecule has 8 nitrogen and oxygen atoms in total. The molecule has 1 aliphatic carbocycles. The number of carbonyl (C=O) groups is 3. The van der Waals surface area contributed by atoms with Crippen LogP contribution < -0.4 is 15.5 Å². The van der Waals surface area contributed by atoms with Crippen LogP contribution in [0.15, 0.2) is 24.3 Å². The summed E-state index contributed by atoms with van der Waals surface area (Å²) in [5, 5.41) is 5.65. The second kappa shape index (κ2) is 8.41. The zero-order chi connectivity index (χ0) is 20.3. The summed E-state index contributed by atoms with van der Waals surface area (Å²) >= 11 is 0. The molecule has 1 aromatic rings. The van der Waals surface area contributed by atoms with Crippen LogP contribution in [0.5, 0.6) is 0 Å². The van der Waals surface area contributed by atoms with Crippen LogP contribution in [0, 0.1) is 0 Å². The predicted octanol–water partition coefficient (Wildman–Crippen LogP) is 2.11. The molecule has 8 heteroatoms. The first-order chi connectivity index (χ1) is 14.1. The van der Waals surface area contributed by atoms with Gasteiger partial charge in [0.1, 0.15) is 12.1 Å². The van der Waals surface area contributed by atoms with E-state index >= 15 is 0 Å². The van der Waals surface area contributed by atoms with E-state index in [-0.39, 0.29) is 18.4 Å². The molecule has 1 aromatic carbocycles. The van der Waals surface area contributed by atoms with Gasteiger partial charge in [0.05, 0.1) is 13.2 Å². The molecule has 2 heterocycles. The Morgan fingerprint density at radius 1 is 1.03 bits per heavy atom. The monoisotopic (exact) mass is 400 g/mol. The molecule has 0 aromatic heterocycles. The molecule has 0 bridgehead atoms. The minimum absolute atomic E-state index is 0.262. The van der Waals surface area contributed by atoms with Crippen molar-refractivity contribution in [3.05, 3.63) is 24.3 Å². The summed E-state index contributed by atoms with van der Waals surface area (Å²) in [4.78, 5) is 41.0. The number of nitrogens with one attached hydrogen (secondary N) is 2. The lowest BCUT2D eigenvalue weighted by Crippen LogP contribution is -2.47. The van der Waals surface area contributed by atoms with Crippen molar-refractivity contribution in [3.8, 4) is 0 Å². The summed E-state index contributed by atoms with van der Waals surface area (Å²) in [6.07, 6.45) is 5.29. The highest BCUT2D eigenvalue weighted by molar-refractivity contribution is 6.10. The minimum atomic E-state index is -0.812. The third-order valence-corrected chi connectivity index (χ3v) is 6.03. The predicted molar refractivity (Wildman–Crippen MR) is 109 cm³/mol. The Labute approximate surface area is 170 Å². The summed E-state index contributed by atoms with van der Waals surface area (Å²) in [6.45, 7) is 2.86. The maximum absolute atomic E-state index is 12.9. The fourth-order valence-electron chi connectivity index (χ4n) is 4.41. The Kier molecular flexibility index (Phi) is 5.71. The van der Waals surface area contributed by atoms with Gasteiger partial charge < -0.3 is 20.3 Å². The summed E-state index contributed by atoms with van der Waals surface area (Å²) in [5.41, 5.74) is 0.909. The standard InChI is InChI=1S/C21H28N4O4/c26-18(22-16-5-7-17(8-6-16)24-11-13-29-14-12-24)15-25-19(27)21(23-20(25)28)9-3-1-2-4-10-21/h5-8H,1-4,9-15H2,(H,22,26)(H,23,28). The molecule has 29 heavy (non-hydrogen) atoms. The molecule has 156 valence electrons. The number of nitrogens with zero attached hydrogens (tertiary/aromatic N) is 2. The van der Waals surface area contributed by atoms with Crippen LogP contribution in [0.1, 0.15) is 38.5 Å². The van der Waals surface area contributed by atoms with Crippen LogP contribution in [0.2, 0.25) is 0 Å². The SMILES string of the molecule is O=C(CN1C(=O)NC2(CCCCCC2)C1=O)Nc1ccc(N2CCOCC2)cc1. The van der Waals surface area contributed by atoms with E-state index in [1.807, 2.05) is 24.3 Å². The van der Waals surface area contributed by atoms with Gasteiger partial charge in [0.2, 0.25) is 5.91 Å². The molecule has 3 fully saturated rings. The second-order valence-electron chi connectivity index (χ2n) is 8.01. The Morgan fingerprint density at radius 3 is 2.34 bits per heavy atom. The van der Waals surface area contributed by atoms with Crippen LogP contribution >= 0.6 is 0 Å². The number of morpholine rings is 1. The number of carbonyl (C=O) groups excluding carboxylic acids is 3. The molecule has 0 unspecified atom stereocenters. The Balaban J connectivity index is 1.35. The average Bonchev–Trinajstić information content (AvgIpc) is 2.89. The van der Waals surface area contributed by atoms with Gasteiger partial charge in [0.25, 0.3) is 5.91 Å². The van der Waals surface area contributed by atoms with Crippen LogP contribution in [0.4, 0.5) is 16.2 Å². The largest absolute Gasteiger partial charge is 0.378 e. The highest BCUT2D eigenvalue weighted by atomic mass is 16.5. The summed E-state index contributed by atoms with van der Waals surface area (Å²) in [7, 11) is 0.